The van der Waals surface area contributed by atoms with Crippen LogP contribution in [0.5, 0.6) is 0 Å². The van der Waals surface area contributed by atoms with Crippen LogP contribution in [0, 0.1) is 12.8 Å². The SMILES string of the molecule is Cc1ccc(Nc2cc3c(nc(CCl)n3CC(C)C)c3c2C(=O)c2ccccc2C3=O)cc1.Cl. The maximum absolute atomic E-state index is 13.7. The third-order valence-electron chi connectivity index (χ3n) is 5.99. The number of imidazole rings is 1. The molecule has 1 aliphatic carbocycles. The highest BCUT2D eigenvalue weighted by atomic mass is 35.5. The monoisotopic (exact) mass is 493 g/mol. The number of aryl methyl sites for hydroxylation is 1. The number of carbonyl (C=O) groups excluding carboxylic acids is 2. The van der Waals surface area contributed by atoms with Crippen LogP contribution in [-0.2, 0) is 12.4 Å². The summed E-state index contributed by atoms with van der Waals surface area (Å²) in [5.41, 5.74) is 5.45. The summed E-state index contributed by atoms with van der Waals surface area (Å²) < 4.78 is 2.06. The Morgan fingerprint density at radius 1 is 0.971 bits per heavy atom. The van der Waals surface area contributed by atoms with Crippen LogP contribution in [0.2, 0.25) is 0 Å². The Balaban J connectivity index is 0.00000274. The first-order valence-electron chi connectivity index (χ1n) is 11.0. The van der Waals surface area contributed by atoms with Gasteiger partial charge < -0.3 is 9.88 Å². The molecule has 1 aliphatic rings. The fourth-order valence-corrected chi connectivity index (χ4v) is 4.68. The minimum Gasteiger partial charge on any atom is -0.355 e. The summed E-state index contributed by atoms with van der Waals surface area (Å²) in [7, 11) is 0. The minimum absolute atomic E-state index is 0. The van der Waals surface area contributed by atoms with Gasteiger partial charge in [-0.3, -0.25) is 9.59 Å². The third kappa shape index (κ3) is 3.89. The summed E-state index contributed by atoms with van der Waals surface area (Å²) in [5.74, 6) is 0.895. The van der Waals surface area contributed by atoms with Gasteiger partial charge in [0.15, 0.2) is 11.6 Å². The Bertz CT molecular complexity index is 1420. The van der Waals surface area contributed by atoms with Crippen LogP contribution in [-0.4, -0.2) is 21.1 Å². The van der Waals surface area contributed by atoms with Crippen molar-refractivity contribution in [2.24, 2.45) is 5.92 Å². The highest BCUT2D eigenvalue weighted by Gasteiger charge is 2.35. The topological polar surface area (TPSA) is 64.0 Å². The minimum atomic E-state index is -0.187. The molecule has 0 spiro atoms. The Labute approximate surface area is 209 Å². The second kappa shape index (κ2) is 9.24. The Kier molecular flexibility index (Phi) is 6.52. The number of benzene rings is 3. The van der Waals surface area contributed by atoms with E-state index in [1.54, 1.807) is 24.3 Å². The predicted octanol–water partition coefficient (Wildman–Crippen LogP) is 6.68. The zero-order chi connectivity index (χ0) is 23.3. The second-order valence-electron chi connectivity index (χ2n) is 8.90. The standard InChI is InChI=1S/C27H24ClN3O2.ClH/c1-15(2)14-31-21-12-20(29-17-10-8-16(3)9-11-17)23-24(25(21)30-22(31)13-28)27(33)19-7-5-4-6-18(19)26(23)32;/h4-12,15,29H,13-14H2,1-3H3;1H. The molecule has 1 N–H and O–H groups in total. The van der Waals surface area contributed by atoms with E-state index in [0.717, 1.165) is 16.8 Å². The van der Waals surface area contributed by atoms with Crippen LogP contribution in [0.15, 0.2) is 54.6 Å². The molecule has 0 amide bonds. The summed E-state index contributed by atoms with van der Waals surface area (Å²) in [4.78, 5) is 32.1. The van der Waals surface area contributed by atoms with Gasteiger partial charge in [0.2, 0.25) is 0 Å². The lowest BCUT2D eigenvalue weighted by Gasteiger charge is -2.22. The average molecular weight is 494 g/mol. The zero-order valence-electron chi connectivity index (χ0n) is 19.2. The van der Waals surface area contributed by atoms with Crippen LogP contribution < -0.4 is 5.32 Å². The summed E-state index contributed by atoms with van der Waals surface area (Å²) in [6.45, 7) is 6.98. The summed E-state index contributed by atoms with van der Waals surface area (Å²) in [5, 5.41) is 3.39. The van der Waals surface area contributed by atoms with Crippen molar-refractivity contribution in [3.8, 4) is 0 Å². The molecular weight excluding hydrogens is 469 g/mol. The number of ketones is 2. The van der Waals surface area contributed by atoms with E-state index in [9.17, 15) is 9.59 Å². The molecule has 0 unspecified atom stereocenters. The Hall–Kier alpha value is -3.15. The fourth-order valence-electron chi connectivity index (χ4n) is 4.47. The number of nitrogens with one attached hydrogen (secondary N) is 1. The lowest BCUT2D eigenvalue weighted by atomic mass is 9.82. The number of alkyl halides is 1. The molecule has 34 heavy (non-hydrogen) atoms. The highest BCUT2D eigenvalue weighted by Crippen LogP contribution is 2.39. The van der Waals surface area contributed by atoms with Gasteiger partial charge in [-0.1, -0.05) is 55.8 Å². The second-order valence-corrected chi connectivity index (χ2v) is 9.17. The molecule has 0 fully saturated rings. The zero-order valence-corrected chi connectivity index (χ0v) is 20.8. The predicted molar refractivity (Wildman–Crippen MR) is 139 cm³/mol. The fraction of sp³-hybridized carbons (Fsp3) is 0.222. The molecule has 0 aliphatic heterocycles. The van der Waals surface area contributed by atoms with E-state index in [-0.39, 0.29) is 29.9 Å². The van der Waals surface area contributed by atoms with E-state index in [0.29, 0.717) is 51.7 Å². The number of anilines is 2. The smallest absolute Gasteiger partial charge is 0.196 e. The lowest BCUT2D eigenvalue weighted by Crippen LogP contribution is -2.22. The number of fused-ring (bicyclic) bond motifs is 4. The lowest BCUT2D eigenvalue weighted by molar-refractivity contribution is 0.0981. The molecular formula is C27H25Cl2N3O2. The number of nitrogens with zero attached hydrogens (tertiary/aromatic N) is 2. The molecule has 4 aromatic rings. The van der Waals surface area contributed by atoms with Gasteiger partial charge in [-0.15, -0.1) is 24.0 Å². The quantitative estimate of drug-likeness (QED) is 0.277. The van der Waals surface area contributed by atoms with Gasteiger partial charge >= 0.3 is 0 Å². The van der Waals surface area contributed by atoms with Crippen LogP contribution in [0.4, 0.5) is 11.4 Å². The van der Waals surface area contributed by atoms with Gasteiger partial charge in [-0.25, -0.2) is 4.98 Å². The maximum Gasteiger partial charge on any atom is 0.196 e. The molecule has 0 atom stereocenters. The van der Waals surface area contributed by atoms with E-state index in [4.69, 9.17) is 16.6 Å². The van der Waals surface area contributed by atoms with E-state index >= 15 is 0 Å². The number of carbonyl (C=O) groups is 2. The van der Waals surface area contributed by atoms with E-state index in [1.807, 2.05) is 37.3 Å². The van der Waals surface area contributed by atoms with Crippen LogP contribution in [0.1, 0.15) is 57.1 Å². The van der Waals surface area contributed by atoms with Gasteiger partial charge in [0.05, 0.1) is 28.2 Å². The number of halogens is 2. The molecule has 1 heterocycles. The number of hydrogen-bond donors (Lipinski definition) is 1. The van der Waals surface area contributed by atoms with Crippen molar-refractivity contribution in [2.75, 3.05) is 5.32 Å². The molecule has 0 bridgehead atoms. The van der Waals surface area contributed by atoms with Crippen molar-refractivity contribution < 1.29 is 9.59 Å². The van der Waals surface area contributed by atoms with Gasteiger partial charge in [0, 0.05) is 23.4 Å². The molecule has 0 saturated carbocycles. The first-order chi connectivity index (χ1) is 15.9. The number of aromatic nitrogens is 2. The molecule has 3 aromatic carbocycles. The summed E-state index contributed by atoms with van der Waals surface area (Å²) >= 11 is 6.25. The van der Waals surface area contributed by atoms with Gasteiger partial charge in [0.25, 0.3) is 0 Å². The summed E-state index contributed by atoms with van der Waals surface area (Å²) in [6, 6.07) is 16.8. The molecule has 1 aromatic heterocycles. The largest absolute Gasteiger partial charge is 0.355 e. The van der Waals surface area contributed by atoms with Crippen molar-refractivity contribution in [1.82, 2.24) is 9.55 Å². The van der Waals surface area contributed by atoms with Crippen molar-refractivity contribution in [3.05, 3.63) is 88.2 Å². The first-order valence-corrected chi connectivity index (χ1v) is 11.6. The van der Waals surface area contributed by atoms with E-state index in [2.05, 4.69) is 23.7 Å². The number of rotatable bonds is 5. The summed E-state index contributed by atoms with van der Waals surface area (Å²) in [6.07, 6.45) is 0. The van der Waals surface area contributed by atoms with Crippen LogP contribution >= 0.6 is 24.0 Å². The maximum atomic E-state index is 13.7. The van der Waals surface area contributed by atoms with Crippen molar-refractivity contribution >= 4 is 58.0 Å². The highest BCUT2D eigenvalue weighted by molar-refractivity contribution is 6.33. The van der Waals surface area contributed by atoms with Gasteiger partial charge in [-0.2, -0.15) is 0 Å². The van der Waals surface area contributed by atoms with E-state index < -0.39 is 0 Å². The molecule has 5 nitrogen and oxygen atoms in total. The Morgan fingerprint density at radius 2 is 1.59 bits per heavy atom. The first kappa shape index (κ1) is 24.0. The molecule has 7 heteroatoms. The molecule has 5 rings (SSSR count). The normalized spacial score (nSPS) is 12.5. The molecule has 0 saturated heterocycles. The Morgan fingerprint density at radius 3 is 2.18 bits per heavy atom. The molecule has 0 radical (unpaired) electrons. The van der Waals surface area contributed by atoms with Crippen LogP contribution in [0.25, 0.3) is 11.0 Å². The average Bonchev–Trinajstić information content (AvgIpc) is 3.14. The van der Waals surface area contributed by atoms with Crippen molar-refractivity contribution in [1.29, 1.82) is 0 Å². The van der Waals surface area contributed by atoms with Gasteiger partial charge in [-0.05, 0) is 31.0 Å². The van der Waals surface area contributed by atoms with Crippen molar-refractivity contribution in [2.45, 2.75) is 33.2 Å². The van der Waals surface area contributed by atoms with E-state index in [1.165, 1.54) is 0 Å². The number of hydrogen-bond acceptors (Lipinski definition) is 4. The van der Waals surface area contributed by atoms with Gasteiger partial charge in [0.1, 0.15) is 11.3 Å². The van der Waals surface area contributed by atoms with Crippen molar-refractivity contribution in [3.63, 3.8) is 0 Å². The third-order valence-corrected chi connectivity index (χ3v) is 6.23. The molecule has 174 valence electrons. The van der Waals surface area contributed by atoms with Crippen LogP contribution in [0.3, 0.4) is 0 Å².